The Hall–Kier alpha value is -0.120. The Balaban J connectivity index is 2.21. The van der Waals surface area contributed by atoms with Gasteiger partial charge in [-0.25, -0.2) is 0 Å². The first-order chi connectivity index (χ1) is 6.74. The Morgan fingerprint density at radius 2 is 2.00 bits per heavy atom. The summed E-state index contributed by atoms with van der Waals surface area (Å²) >= 11 is 0. The Morgan fingerprint density at radius 3 is 2.57 bits per heavy atom. The highest BCUT2D eigenvalue weighted by molar-refractivity contribution is 4.77. The van der Waals surface area contributed by atoms with Gasteiger partial charge in [0.2, 0.25) is 0 Å². The molecule has 0 aromatic heterocycles. The normalized spacial score (nSPS) is 23.4. The SMILES string of the molecule is CCCC(N)CC(C)N1CCNCC1. The van der Waals surface area contributed by atoms with Gasteiger partial charge in [0.15, 0.2) is 0 Å². The van der Waals surface area contributed by atoms with E-state index in [-0.39, 0.29) is 0 Å². The second kappa shape index (κ2) is 6.38. The van der Waals surface area contributed by atoms with Crippen LogP contribution in [0.4, 0.5) is 0 Å². The molecule has 3 nitrogen and oxygen atoms in total. The van der Waals surface area contributed by atoms with Gasteiger partial charge >= 0.3 is 0 Å². The lowest BCUT2D eigenvalue weighted by Crippen LogP contribution is -2.48. The first kappa shape index (κ1) is 12.0. The van der Waals surface area contributed by atoms with Crippen LogP contribution in [-0.4, -0.2) is 43.2 Å². The molecule has 84 valence electrons. The van der Waals surface area contributed by atoms with Crippen LogP contribution in [0.1, 0.15) is 33.1 Å². The van der Waals surface area contributed by atoms with Crippen molar-refractivity contribution in [3.8, 4) is 0 Å². The molecule has 0 bridgehead atoms. The number of nitrogens with zero attached hydrogens (tertiary/aromatic N) is 1. The van der Waals surface area contributed by atoms with Gasteiger partial charge in [0, 0.05) is 38.3 Å². The molecule has 0 radical (unpaired) electrons. The minimum atomic E-state index is 0.393. The van der Waals surface area contributed by atoms with Crippen LogP contribution in [0.15, 0.2) is 0 Å². The molecule has 0 aromatic rings. The molecule has 2 unspecified atom stereocenters. The fraction of sp³-hybridized carbons (Fsp3) is 1.00. The Bertz CT molecular complexity index is 143. The minimum Gasteiger partial charge on any atom is -0.328 e. The van der Waals surface area contributed by atoms with Gasteiger partial charge in [-0.15, -0.1) is 0 Å². The van der Waals surface area contributed by atoms with Crippen molar-refractivity contribution in [3.05, 3.63) is 0 Å². The molecular weight excluding hydrogens is 174 g/mol. The monoisotopic (exact) mass is 199 g/mol. The number of rotatable bonds is 5. The molecule has 1 saturated heterocycles. The van der Waals surface area contributed by atoms with E-state index in [4.69, 9.17) is 5.73 Å². The van der Waals surface area contributed by atoms with Crippen molar-refractivity contribution in [2.75, 3.05) is 26.2 Å². The zero-order valence-corrected chi connectivity index (χ0v) is 9.63. The smallest absolute Gasteiger partial charge is 0.0110 e. The maximum atomic E-state index is 6.05. The number of nitrogens with one attached hydrogen (secondary N) is 1. The topological polar surface area (TPSA) is 41.3 Å². The van der Waals surface area contributed by atoms with Crippen LogP contribution < -0.4 is 11.1 Å². The molecule has 0 amide bonds. The van der Waals surface area contributed by atoms with Gasteiger partial charge in [0.05, 0.1) is 0 Å². The lowest BCUT2D eigenvalue weighted by Gasteiger charge is -2.34. The summed E-state index contributed by atoms with van der Waals surface area (Å²) in [5, 5.41) is 3.38. The Morgan fingerprint density at radius 1 is 1.36 bits per heavy atom. The summed E-state index contributed by atoms with van der Waals surface area (Å²) < 4.78 is 0. The third-order valence-corrected chi connectivity index (χ3v) is 3.08. The van der Waals surface area contributed by atoms with Crippen LogP contribution in [0.25, 0.3) is 0 Å². The molecule has 0 aliphatic carbocycles. The minimum absolute atomic E-state index is 0.393. The van der Waals surface area contributed by atoms with Crippen molar-refractivity contribution in [3.63, 3.8) is 0 Å². The number of hydrogen-bond donors (Lipinski definition) is 2. The molecule has 2 atom stereocenters. The van der Waals surface area contributed by atoms with Crippen LogP contribution in [0.2, 0.25) is 0 Å². The predicted octanol–water partition coefficient (Wildman–Crippen LogP) is 0.798. The summed E-state index contributed by atoms with van der Waals surface area (Å²) in [5.41, 5.74) is 6.05. The van der Waals surface area contributed by atoms with E-state index in [2.05, 4.69) is 24.1 Å². The zero-order valence-electron chi connectivity index (χ0n) is 9.63. The summed E-state index contributed by atoms with van der Waals surface area (Å²) in [4.78, 5) is 2.55. The highest BCUT2D eigenvalue weighted by atomic mass is 15.2. The van der Waals surface area contributed by atoms with E-state index in [9.17, 15) is 0 Å². The molecule has 1 aliphatic rings. The summed E-state index contributed by atoms with van der Waals surface area (Å²) in [7, 11) is 0. The summed E-state index contributed by atoms with van der Waals surface area (Å²) in [6, 6.07) is 1.04. The van der Waals surface area contributed by atoms with Crippen LogP contribution in [-0.2, 0) is 0 Å². The van der Waals surface area contributed by atoms with E-state index < -0.39 is 0 Å². The van der Waals surface area contributed by atoms with Gasteiger partial charge in [-0.1, -0.05) is 13.3 Å². The van der Waals surface area contributed by atoms with Crippen molar-refractivity contribution in [1.82, 2.24) is 10.2 Å². The van der Waals surface area contributed by atoms with E-state index in [0.29, 0.717) is 12.1 Å². The summed E-state index contributed by atoms with van der Waals surface area (Å²) in [6.45, 7) is 9.14. The second-order valence-corrected chi connectivity index (χ2v) is 4.42. The lowest BCUT2D eigenvalue weighted by atomic mass is 10.0. The van der Waals surface area contributed by atoms with Crippen LogP contribution in [0.3, 0.4) is 0 Å². The van der Waals surface area contributed by atoms with E-state index >= 15 is 0 Å². The second-order valence-electron chi connectivity index (χ2n) is 4.42. The molecular formula is C11H25N3. The Kier molecular flexibility index (Phi) is 5.45. The number of piperazine rings is 1. The summed E-state index contributed by atoms with van der Waals surface area (Å²) in [5.74, 6) is 0. The van der Waals surface area contributed by atoms with E-state index in [1.807, 2.05) is 0 Å². The largest absolute Gasteiger partial charge is 0.328 e. The average Bonchev–Trinajstić information content (AvgIpc) is 2.19. The molecule has 0 spiro atoms. The first-order valence-corrected chi connectivity index (χ1v) is 5.94. The molecule has 1 fully saturated rings. The third-order valence-electron chi connectivity index (χ3n) is 3.08. The maximum Gasteiger partial charge on any atom is 0.0110 e. The molecule has 0 aromatic carbocycles. The standard InChI is InChI=1S/C11H25N3/c1-3-4-11(12)9-10(2)14-7-5-13-6-8-14/h10-11,13H,3-9,12H2,1-2H3. The average molecular weight is 199 g/mol. The quantitative estimate of drug-likeness (QED) is 0.688. The molecule has 1 aliphatic heterocycles. The van der Waals surface area contributed by atoms with E-state index in [0.717, 1.165) is 25.9 Å². The Labute approximate surface area is 88.0 Å². The van der Waals surface area contributed by atoms with E-state index in [1.54, 1.807) is 0 Å². The van der Waals surface area contributed by atoms with Crippen LogP contribution >= 0.6 is 0 Å². The van der Waals surface area contributed by atoms with Crippen molar-refractivity contribution < 1.29 is 0 Å². The highest BCUT2D eigenvalue weighted by Gasteiger charge is 2.17. The molecule has 3 N–H and O–H groups in total. The fourth-order valence-corrected chi connectivity index (χ4v) is 2.20. The van der Waals surface area contributed by atoms with Gasteiger partial charge in [-0.2, -0.15) is 0 Å². The van der Waals surface area contributed by atoms with Gasteiger partial charge in [0.1, 0.15) is 0 Å². The molecule has 3 heteroatoms. The van der Waals surface area contributed by atoms with Crippen molar-refractivity contribution in [2.24, 2.45) is 5.73 Å². The summed E-state index contributed by atoms with van der Waals surface area (Å²) in [6.07, 6.45) is 3.51. The van der Waals surface area contributed by atoms with Gasteiger partial charge < -0.3 is 11.1 Å². The fourth-order valence-electron chi connectivity index (χ4n) is 2.20. The van der Waals surface area contributed by atoms with Gasteiger partial charge in [-0.05, 0) is 19.8 Å². The van der Waals surface area contributed by atoms with Crippen molar-refractivity contribution >= 4 is 0 Å². The van der Waals surface area contributed by atoms with Gasteiger partial charge in [-0.3, -0.25) is 4.90 Å². The molecule has 14 heavy (non-hydrogen) atoms. The van der Waals surface area contributed by atoms with Crippen molar-refractivity contribution in [1.29, 1.82) is 0 Å². The first-order valence-electron chi connectivity index (χ1n) is 5.94. The number of hydrogen-bond acceptors (Lipinski definition) is 3. The maximum absolute atomic E-state index is 6.05. The van der Waals surface area contributed by atoms with Gasteiger partial charge in [0.25, 0.3) is 0 Å². The molecule has 1 rings (SSSR count). The molecule has 1 heterocycles. The predicted molar refractivity (Wildman–Crippen MR) is 61.4 cm³/mol. The highest BCUT2D eigenvalue weighted by Crippen LogP contribution is 2.09. The number of nitrogens with two attached hydrogens (primary N) is 1. The van der Waals surface area contributed by atoms with Crippen LogP contribution in [0, 0.1) is 0 Å². The third kappa shape index (κ3) is 3.95. The molecule has 0 saturated carbocycles. The lowest BCUT2D eigenvalue weighted by molar-refractivity contribution is 0.169. The van der Waals surface area contributed by atoms with Crippen LogP contribution in [0.5, 0.6) is 0 Å². The van der Waals surface area contributed by atoms with Crippen molar-refractivity contribution in [2.45, 2.75) is 45.2 Å². The zero-order chi connectivity index (χ0) is 10.4. The van der Waals surface area contributed by atoms with E-state index in [1.165, 1.54) is 19.5 Å².